The zero-order chi connectivity index (χ0) is 16.3. The van der Waals surface area contributed by atoms with Crippen molar-refractivity contribution in [2.75, 3.05) is 21.3 Å². The van der Waals surface area contributed by atoms with Gasteiger partial charge >= 0.3 is 0 Å². The SMILES string of the molecule is CCC[C@H]1CC(=O)[C@@H](c2cc(OC)c(OC)c(OC)c2Br)O1. The molecule has 2 atom stereocenters. The van der Waals surface area contributed by atoms with Crippen molar-refractivity contribution in [3.63, 3.8) is 0 Å². The Labute approximate surface area is 139 Å². The van der Waals surface area contributed by atoms with Crippen LogP contribution in [0.2, 0.25) is 0 Å². The van der Waals surface area contributed by atoms with Gasteiger partial charge in [-0.05, 0) is 28.4 Å². The Bertz CT molecular complexity index is 558. The molecule has 0 aliphatic carbocycles. The largest absolute Gasteiger partial charge is 0.493 e. The zero-order valence-corrected chi connectivity index (χ0v) is 14.9. The molecule has 1 saturated heterocycles. The van der Waals surface area contributed by atoms with E-state index in [4.69, 9.17) is 18.9 Å². The van der Waals surface area contributed by atoms with E-state index in [0.29, 0.717) is 33.7 Å². The summed E-state index contributed by atoms with van der Waals surface area (Å²) in [6.07, 6.45) is 1.70. The molecular weight excluding hydrogens is 352 g/mol. The number of benzene rings is 1. The van der Waals surface area contributed by atoms with Gasteiger partial charge in [0.15, 0.2) is 17.3 Å². The average molecular weight is 373 g/mol. The van der Waals surface area contributed by atoms with Crippen molar-refractivity contribution in [1.82, 2.24) is 0 Å². The molecule has 0 radical (unpaired) electrons. The summed E-state index contributed by atoms with van der Waals surface area (Å²) in [5, 5.41) is 0. The van der Waals surface area contributed by atoms with Crippen LogP contribution >= 0.6 is 15.9 Å². The van der Waals surface area contributed by atoms with Crippen LogP contribution in [-0.4, -0.2) is 33.2 Å². The number of ketones is 1. The Balaban J connectivity index is 2.45. The first kappa shape index (κ1) is 17.1. The first-order valence-electron chi connectivity index (χ1n) is 7.23. The van der Waals surface area contributed by atoms with Crippen LogP contribution in [-0.2, 0) is 9.53 Å². The Hall–Kier alpha value is -1.27. The molecule has 0 bridgehead atoms. The molecule has 1 aromatic carbocycles. The zero-order valence-electron chi connectivity index (χ0n) is 13.3. The number of carbonyl (C=O) groups excluding carboxylic acids is 1. The van der Waals surface area contributed by atoms with Crippen molar-refractivity contribution < 1.29 is 23.7 Å². The molecule has 22 heavy (non-hydrogen) atoms. The highest BCUT2D eigenvalue weighted by Crippen LogP contribution is 2.48. The summed E-state index contributed by atoms with van der Waals surface area (Å²) in [6, 6.07) is 1.77. The highest BCUT2D eigenvalue weighted by Gasteiger charge is 2.37. The Morgan fingerprint density at radius 3 is 2.45 bits per heavy atom. The highest BCUT2D eigenvalue weighted by atomic mass is 79.9. The Morgan fingerprint density at radius 2 is 1.91 bits per heavy atom. The second-order valence-corrected chi connectivity index (χ2v) is 5.94. The van der Waals surface area contributed by atoms with Crippen molar-refractivity contribution in [2.45, 2.75) is 38.4 Å². The van der Waals surface area contributed by atoms with Gasteiger partial charge in [-0.2, -0.15) is 0 Å². The quantitative estimate of drug-likeness (QED) is 0.762. The Kier molecular flexibility index (Phi) is 5.69. The Morgan fingerprint density at radius 1 is 1.23 bits per heavy atom. The number of carbonyl (C=O) groups is 1. The molecule has 1 aliphatic rings. The molecule has 0 amide bonds. The highest BCUT2D eigenvalue weighted by molar-refractivity contribution is 9.10. The van der Waals surface area contributed by atoms with Gasteiger partial charge in [0.25, 0.3) is 0 Å². The van der Waals surface area contributed by atoms with Gasteiger partial charge in [0.1, 0.15) is 6.10 Å². The van der Waals surface area contributed by atoms with Gasteiger partial charge in [-0.3, -0.25) is 4.79 Å². The summed E-state index contributed by atoms with van der Waals surface area (Å²) in [7, 11) is 4.64. The van der Waals surface area contributed by atoms with Gasteiger partial charge in [0.05, 0.1) is 31.9 Å². The first-order chi connectivity index (χ1) is 10.6. The predicted molar refractivity (Wildman–Crippen MR) is 85.9 cm³/mol. The average Bonchev–Trinajstić information content (AvgIpc) is 2.87. The van der Waals surface area contributed by atoms with Gasteiger partial charge in [0, 0.05) is 12.0 Å². The molecule has 2 rings (SSSR count). The summed E-state index contributed by atoms with van der Waals surface area (Å²) in [5.41, 5.74) is 0.707. The first-order valence-corrected chi connectivity index (χ1v) is 8.03. The van der Waals surface area contributed by atoms with E-state index in [9.17, 15) is 4.79 Å². The standard InChI is InChI=1S/C16H21BrO5/c1-5-6-9-7-11(18)14(22-9)10-8-12(19-2)15(20-3)16(21-4)13(10)17/h8-9,14H,5-7H2,1-4H3/t9-,14+/m0/s1. The maximum absolute atomic E-state index is 12.3. The lowest BCUT2D eigenvalue weighted by Gasteiger charge is -2.19. The van der Waals surface area contributed by atoms with Gasteiger partial charge in [-0.25, -0.2) is 0 Å². The van der Waals surface area contributed by atoms with Crippen molar-refractivity contribution in [3.05, 3.63) is 16.1 Å². The summed E-state index contributed by atoms with van der Waals surface area (Å²) in [5.74, 6) is 1.56. The molecule has 6 heteroatoms. The van der Waals surface area contributed by atoms with Crippen molar-refractivity contribution in [1.29, 1.82) is 0 Å². The van der Waals surface area contributed by atoms with Crippen LogP contribution < -0.4 is 14.2 Å². The number of rotatable bonds is 6. The third-order valence-electron chi connectivity index (χ3n) is 3.74. The maximum atomic E-state index is 12.3. The van der Waals surface area contributed by atoms with Gasteiger partial charge in [0.2, 0.25) is 5.75 Å². The normalized spacial score (nSPS) is 21.0. The summed E-state index contributed by atoms with van der Waals surface area (Å²) < 4.78 is 22.7. The van der Waals surface area contributed by atoms with Crippen LogP contribution in [0.1, 0.15) is 37.9 Å². The lowest BCUT2D eigenvalue weighted by atomic mass is 10.0. The number of hydrogen-bond donors (Lipinski definition) is 0. The van der Waals surface area contributed by atoms with Crippen molar-refractivity contribution in [3.8, 4) is 17.2 Å². The predicted octanol–water partition coefficient (Wildman–Crippen LogP) is 3.67. The van der Waals surface area contributed by atoms with E-state index in [1.165, 1.54) is 0 Å². The number of hydrogen-bond acceptors (Lipinski definition) is 5. The fourth-order valence-electron chi connectivity index (χ4n) is 2.72. The molecule has 1 aromatic rings. The van der Waals surface area contributed by atoms with E-state index in [2.05, 4.69) is 22.9 Å². The minimum absolute atomic E-state index is 0.0199. The fraction of sp³-hybridized carbons (Fsp3) is 0.562. The van der Waals surface area contributed by atoms with Crippen LogP contribution in [0.15, 0.2) is 10.5 Å². The molecule has 0 spiro atoms. The molecule has 122 valence electrons. The molecule has 5 nitrogen and oxygen atoms in total. The van der Waals surface area contributed by atoms with Gasteiger partial charge < -0.3 is 18.9 Å². The lowest BCUT2D eigenvalue weighted by molar-refractivity contribution is -0.122. The van der Waals surface area contributed by atoms with Crippen LogP contribution in [0.3, 0.4) is 0 Å². The van der Waals surface area contributed by atoms with Gasteiger partial charge in [-0.1, -0.05) is 13.3 Å². The van der Waals surface area contributed by atoms with Crippen LogP contribution in [0.25, 0.3) is 0 Å². The molecule has 1 aliphatic heterocycles. The van der Waals surface area contributed by atoms with E-state index in [1.54, 1.807) is 27.4 Å². The van der Waals surface area contributed by atoms with E-state index in [1.807, 2.05) is 0 Å². The van der Waals surface area contributed by atoms with E-state index < -0.39 is 6.10 Å². The minimum atomic E-state index is -0.598. The van der Waals surface area contributed by atoms with E-state index in [0.717, 1.165) is 12.8 Å². The van der Waals surface area contributed by atoms with E-state index >= 15 is 0 Å². The van der Waals surface area contributed by atoms with Crippen LogP contribution in [0, 0.1) is 0 Å². The van der Waals surface area contributed by atoms with Crippen LogP contribution in [0.5, 0.6) is 17.2 Å². The second-order valence-electron chi connectivity index (χ2n) is 5.15. The fourth-order valence-corrected chi connectivity index (χ4v) is 3.38. The molecule has 1 heterocycles. The molecule has 0 saturated carbocycles. The molecule has 0 aromatic heterocycles. The van der Waals surface area contributed by atoms with Gasteiger partial charge in [-0.15, -0.1) is 0 Å². The minimum Gasteiger partial charge on any atom is -0.493 e. The summed E-state index contributed by atoms with van der Waals surface area (Å²) in [4.78, 5) is 12.3. The monoisotopic (exact) mass is 372 g/mol. The number of methoxy groups -OCH3 is 3. The van der Waals surface area contributed by atoms with Crippen molar-refractivity contribution >= 4 is 21.7 Å². The maximum Gasteiger partial charge on any atom is 0.204 e. The molecular formula is C16H21BrO5. The van der Waals surface area contributed by atoms with Crippen molar-refractivity contribution in [2.24, 2.45) is 0 Å². The summed E-state index contributed by atoms with van der Waals surface area (Å²) >= 11 is 3.50. The van der Waals surface area contributed by atoms with E-state index in [-0.39, 0.29) is 11.9 Å². The second kappa shape index (κ2) is 7.33. The molecule has 0 N–H and O–H groups in total. The molecule has 0 unspecified atom stereocenters. The topological polar surface area (TPSA) is 54.0 Å². The van der Waals surface area contributed by atoms with Crippen LogP contribution in [0.4, 0.5) is 0 Å². The number of halogens is 1. The lowest BCUT2D eigenvalue weighted by Crippen LogP contribution is -2.09. The third-order valence-corrected chi connectivity index (χ3v) is 4.56. The molecule has 1 fully saturated rings. The third kappa shape index (κ3) is 3.08. The smallest absolute Gasteiger partial charge is 0.204 e. The number of Topliss-reactive ketones (excluding diaryl/α,β-unsaturated/α-hetero) is 1. The summed E-state index contributed by atoms with van der Waals surface area (Å²) in [6.45, 7) is 2.08. The number of ether oxygens (including phenoxy) is 4.